The first-order valence-corrected chi connectivity index (χ1v) is 5.51. The van der Waals surface area contributed by atoms with E-state index in [9.17, 15) is 0 Å². The zero-order chi connectivity index (χ0) is 10.0. The van der Waals surface area contributed by atoms with Crippen molar-refractivity contribution >= 4 is 0 Å². The van der Waals surface area contributed by atoms with Crippen molar-refractivity contribution in [3.63, 3.8) is 0 Å². The average molecular weight is 189 g/mol. The van der Waals surface area contributed by atoms with Crippen molar-refractivity contribution in [1.29, 1.82) is 0 Å². The van der Waals surface area contributed by atoms with E-state index in [4.69, 9.17) is 5.73 Å². The molecule has 14 heavy (non-hydrogen) atoms. The van der Waals surface area contributed by atoms with Gasteiger partial charge >= 0.3 is 0 Å². The second kappa shape index (κ2) is 3.74. The Kier molecular flexibility index (Phi) is 2.60. The van der Waals surface area contributed by atoms with Crippen molar-refractivity contribution in [3.05, 3.63) is 35.9 Å². The summed E-state index contributed by atoms with van der Waals surface area (Å²) in [5.41, 5.74) is 7.83. The minimum absolute atomic E-state index is 0.0702. The van der Waals surface area contributed by atoms with Gasteiger partial charge in [0.15, 0.2) is 0 Å². The molecule has 0 spiro atoms. The van der Waals surface area contributed by atoms with Gasteiger partial charge in [0.2, 0.25) is 0 Å². The summed E-state index contributed by atoms with van der Waals surface area (Å²) in [4.78, 5) is 0. The van der Waals surface area contributed by atoms with Crippen molar-refractivity contribution in [2.24, 2.45) is 11.7 Å². The molecule has 2 unspecified atom stereocenters. The molecule has 2 atom stereocenters. The van der Waals surface area contributed by atoms with Gasteiger partial charge in [-0.25, -0.2) is 0 Å². The van der Waals surface area contributed by atoms with Gasteiger partial charge < -0.3 is 5.73 Å². The van der Waals surface area contributed by atoms with Crippen LogP contribution in [0.1, 0.15) is 31.7 Å². The van der Waals surface area contributed by atoms with Crippen LogP contribution in [-0.4, -0.2) is 5.54 Å². The molecule has 1 heteroatoms. The predicted molar refractivity (Wildman–Crippen MR) is 60.1 cm³/mol. The summed E-state index contributed by atoms with van der Waals surface area (Å²) in [7, 11) is 0. The Labute approximate surface area is 86.3 Å². The lowest BCUT2D eigenvalue weighted by Crippen LogP contribution is -2.39. The van der Waals surface area contributed by atoms with E-state index in [2.05, 4.69) is 37.3 Å². The second-order valence-electron chi connectivity index (χ2n) is 4.87. The molecule has 0 bridgehead atoms. The fraction of sp³-hybridized carbons (Fsp3) is 0.538. The summed E-state index contributed by atoms with van der Waals surface area (Å²) in [5, 5.41) is 0. The van der Waals surface area contributed by atoms with Crippen LogP contribution in [-0.2, 0) is 6.42 Å². The molecule has 0 heterocycles. The van der Waals surface area contributed by atoms with Gasteiger partial charge in [0.05, 0.1) is 0 Å². The molecule has 1 aliphatic rings. The molecule has 0 amide bonds. The molecule has 0 aliphatic heterocycles. The second-order valence-corrected chi connectivity index (χ2v) is 4.87. The van der Waals surface area contributed by atoms with E-state index in [1.807, 2.05) is 0 Å². The molecule has 2 N–H and O–H groups in total. The normalized spacial score (nSPS) is 32.0. The van der Waals surface area contributed by atoms with E-state index >= 15 is 0 Å². The Bertz CT molecular complexity index is 293. The largest absolute Gasteiger partial charge is 0.325 e. The third kappa shape index (κ3) is 2.16. The minimum Gasteiger partial charge on any atom is -0.325 e. The molecular weight excluding hydrogens is 170 g/mol. The van der Waals surface area contributed by atoms with Gasteiger partial charge in [-0.15, -0.1) is 0 Å². The number of nitrogens with two attached hydrogens (primary N) is 1. The Morgan fingerprint density at radius 1 is 1.36 bits per heavy atom. The van der Waals surface area contributed by atoms with Crippen LogP contribution in [0.3, 0.4) is 0 Å². The topological polar surface area (TPSA) is 26.0 Å². The predicted octanol–water partition coefficient (Wildman–Crippen LogP) is 2.75. The molecule has 1 saturated carbocycles. The van der Waals surface area contributed by atoms with Crippen LogP contribution in [0.15, 0.2) is 30.3 Å². The molecule has 76 valence electrons. The van der Waals surface area contributed by atoms with Crippen LogP contribution in [0.2, 0.25) is 0 Å². The summed E-state index contributed by atoms with van der Waals surface area (Å²) in [6.45, 7) is 2.31. The van der Waals surface area contributed by atoms with Gasteiger partial charge in [-0.2, -0.15) is 0 Å². The van der Waals surface area contributed by atoms with Crippen LogP contribution < -0.4 is 5.73 Å². The van der Waals surface area contributed by atoms with Crippen LogP contribution in [0, 0.1) is 5.92 Å². The number of rotatable bonds is 2. The SMILES string of the molecule is CC1CCC(N)(Cc2ccccc2)C1. The van der Waals surface area contributed by atoms with E-state index in [0.29, 0.717) is 0 Å². The van der Waals surface area contributed by atoms with Crippen LogP contribution in [0.4, 0.5) is 0 Å². The summed E-state index contributed by atoms with van der Waals surface area (Å²) in [6, 6.07) is 10.6. The molecule has 2 rings (SSSR count). The number of benzene rings is 1. The third-order valence-corrected chi connectivity index (χ3v) is 3.29. The molecule has 1 aromatic rings. The molecule has 1 aromatic carbocycles. The highest BCUT2D eigenvalue weighted by atomic mass is 14.8. The van der Waals surface area contributed by atoms with Crippen LogP contribution in [0.5, 0.6) is 0 Å². The van der Waals surface area contributed by atoms with E-state index in [0.717, 1.165) is 12.3 Å². The summed E-state index contributed by atoms with van der Waals surface area (Å²) >= 11 is 0. The summed E-state index contributed by atoms with van der Waals surface area (Å²) < 4.78 is 0. The van der Waals surface area contributed by atoms with Crippen molar-refractivity contribution in [1.82, 2.24) is 0 Å². The van der Waals surface area contributed by atoms with Crippen molar-refractivity contribution in [3.8, 4) is 0 Å². The van der Waals surface area contributed by atoms with Gasteiger partial charge in [0, 0.05) is 5.54 Å². The van der Waals surface area contributed by atoms with Gasteiger partial charge in [0.25, 0.3) is 0 Å². The average Bonchev–Trinajstić information content (AvgIpc) is 2.47. The Morgan fingerprint density at radius 3 is 2.64 bits per heavy atom. The highest BCUT2D eigenvalue weighted by molar-refractivity contribution is 5.18. The van der Waals surface area contributed by atoms with E-state index in [1.165, 1.54) is 24.8 Å². The highest BCUT2D eigenvalue weighted by Crippen LogP contribution is 2.34. The molecule has 0 radical (unpaired) electrons. The summed E-state index contributed by atoms with van der Waals surface area (Å²) in [5.74, 6) is 0.809. The maximum atomic E-state index is 6.38. The van der Waals surface area contributed by atoms with E-state index in [-0.39, 0.29) is 5.54 Å². The summed E-state index contributed by atoms with van der Waals surface area (Å²) in [6.07, 6.45) is 4.70. The van der Waals surface area contributed by atoms with Crippen LogP contribution >= 0.6 is 0 Å². The standard InChI is InChI=1S/C13H19N/c1-11-7-8-13(14,9-11)10-12-5-3-2-4-6-12/h2-6,11H,7-10,14H2,1H3. The molecule has 1 nitrogen and oxygen atoms in total. The lowest BCUT2D eigenvalue weighted by atomic mass is 9.89. The number of hydrogen-bond donors (Lipinski definition) is 1. The molecule has 0 saturated heterocycles. The zero-order valence-corrected chi connectivity index (χ0v) is 8.87. The van der Waals surface area contributed by atoms with Gasteiger partial charge in [-0.05, 0) is 37.2 Å². The van der Waals surface area contributed by atoms with Gasteiger partial charge in [-0.1, -0.05) is 37.3 Å². The lowest BCUT2D eigenvalue weighted by molar-refractivity contribution is 0.419. The Balaban J connectivity index is 2.04. The zero-order valence-electron chi connectivity index (χ0n) is 8.87. The molecule has 1 aliphatic carbocycles. The maximum Gasteiger partial charge on any atom is 0.0197 e. The number of hydrogen-bond acceptors (Lipinski definition) is 1. The van der Waals surface area contributed by atoms with Crippen molar-refractivity contribution < 1.29 is 0 Å². The lowest BCUT2D eigenvalue weighted by Gasteiger charge is -2.24. The highest BCUT2D eigenvalue weighted by Gasteiger charge is 2.33. The first-order valence-electron chi connectivity index (χ1n) is 5.51. The Morgan fingerprint density at radius 2 is 2.07 bits per heavy atom. The molecule has 1 fully saturated rings. The van der Waals surface area contributed by atoms with E-state index < -0.39 is 0 Å². The third-order valence-electron chi connectivity index (χ3n) is 3.29. The quantitative estimate of drug-likeness (QED) is 0.760. The van der Waals surface area contributed by atoms with Crippen LogP contribution in [0.25, 0.3) is 0 Å². The first-order chi connectivity index (χ1) is 6.68. The fourth-order valence-corrected chi connectivity index (χ4v) is 2.59. The maximum absolute atomic E-state index is 6.38. The van der Waals surface area contributed by atoms with E-state index in [1.54, 1.807) is 0 Å². The molecule has 0 aromatic heterocycles. The van der Waals surface area contributed by atoms with Crippen molar-refractivity contribution in [2.75, 3.05) is 0 Å². The smallest absolute Gasteiger partial charge is 0.0197 e. The monoisotopic (exact) mass is 189 g/mol. The molecular formula is C13H19N. The fourth-order valence-electron chi connectivity index (χ4n) is 2.59. The first kappa shape index (κ1) is 9.72. The van der Waals surface area contributed by atoms with Crippen molar-refractivity contribution in [2.45, 2.75) is 38.1 Å². The van der Waals surface area contributed by atoms with Gasteiger partial charge in [-0.3, -0.25) is 0 Å². The minimum atomic E-state index is 0.0702. The van der Waals surface area contributed by atoms with Gasteiger partial charge in [0.1, 0.15) is 0 Å². The Hall–Kier alpha value is -0.820.